The zero-order valence-corrected chi connectivity index (χ0v) is 13.9. The van der Waals surface area contributed by atoms with Crippen molar-refractivity contribution < 1.29 is 9.68 Å². The number of nitrogens with one attached hydrogen (secondary N) is 1. The van der Waals surface area contributed by atoms with Gasteiger partial charge >= 0.3 is 0 Å². The molecular weight excluding hydrogens is 302 g/mol. The molecular formula is C18H24N5O+. The molecule has 6 heteroatoms. The standard InChI is InChI=1S/C18H23N5O/c1-22-10-21-18-16(17(22)20)13(9-23(18)12-4-2-3-5-12)11-6-7-14(19)15(24)8-11/h6-10,12,17,24H,2-5,19-20H2,1H3/p+1. The first-order chi connectivity index (χ1) is 11.6. The molecule has 0 radical (unpaired) electrons. The number of fused-ring (bicyclic) bond motifs is 1. The van der Waals surface area contributed by atoms with Crippen LogP contribution in [0.2, 0.25) is 0 Å². The van der Waals surface area contributed by atoms with E-state index in [1.807, 2.05) is 24.0 Å². The zero-order valence-electron chi connectivity index (χ0n) is 13.9. The van der Waals surface area contributed by atoms with E-state index in [0.29, 0.717) is 11.7 Å². The predicted molar refractivity (Wildman–Crippen MR) is 96.2 cm³/mol. The van der Waals surface area contributed by atoms with Crippen molar-refractivity contribution >= 4 is 17.8 Å². The van der Waals surface area contributed by atoms with Crippen LogP contribution in [0.4, 0.5) is 11.5 Å². The molecule has 1 atom stereocenters. The van der Waals surface area contributed by atoms with Gasteiger partial charge in [0.2, 0.25) is 12.2 Å². The quantitative estimate of drug-likeness (QED) is 0.388. The van der Waals surface area contributed by atoms with E-state index in [2.05, 4.69) is 16.1 Å². The van der Waals surface area contributed by atoms with Gasteiger partial charge in [0.05, 0.1) is 18.3 Å². The molecule has 2 heterocycles. The van der Waals surface area contributed by atoms with Gasteiger partial charge in [-0.25, -0.2) is 5.32 Å². The Morgan fingerprint density at radius 1 is 1.29 bits per heavy atom. The van der Waals surface area contributed by atoms with Gasteiger partial charge in [0, 0.05) is 17.8 Å². The minimum absolute atomic E-state index is 0.104. The Hall–Kier alpha value is -2.47. The molecule has 1 saturated carbocycles. The summed E-state index contributed by atoms with van der Waals surface area (Å²) in [7, 11) is 1.96. The summed E-state index contributed by atoms with van der Waals surface area (Å²) in [4.78, 5) is 0. The van der Waals surface area contributed by atoms with E-state index in [0.717, 1.165) is 22.5 Å². The molecule has 1 aromatic carbocycles. The summed E-state index contributed by atoms with van der Waals surface area (Å²) < 4.78 is 4.29. The topological polar surface area (TPSA) is 92.2 Å². The van der Waals surface area contributed by atoms with E-state index in [-0.39, 0.29) is 11.9 Å². The fraction of sp³-hybridized carbons (Fsp3) is 0.389. The third kappa shape index (κ3) is 2.26. The molecule has 1 unspecified atom stereocenters. The molecule has 6 nitrogen and oxygen atoms in total. The normalized spacial score (nSPS) is 20.6. The van der Waals surface area contributed by atoms with Crippen LogP contribution in [0, 0.1) is 0 Å². The molecule has 6 N–H and O–H groups in total. The van der Waals surface area contributed by atoms with Gasteiger partial charge in [0.15, 0.2) is 6.17 Å². The van der Waals surface area contributed by atoms with Crippen LogP contribution >= 0.6 is 0 Å². The summed E-state index contributed by atoms with van der Waals surface area (Å²) >= 11 is 0. The van der Waals surface area contributed by atoms with E-state index in [9.17, 15) is 5.11 Å². The lowest BCUT2D eigenvalue weighted by Crippen LogP contribution is -2.31. The number of nitrogens with zero attached hydrogens (tertiary/aromatic N) is 2. The Morgan fingerprint density at radius 3 is 2.75 bits per heavy atom. The lowest BCUT2D eigenvalue weighted by molar-refractivity contribution is -0.540. The summed E-state index contributed by atoms with van der Waals surface area (Å²) in [5, 5.41) is 13.4. The number of anilines is 2. The summed E-state index contributed by atoms with van der Waals surface area (Å²) in [6.45, 7) is 0. The Bertz CT molecular complexity index is 817. The van der Waals surface area contributed by atoms with Crippen LogP contribution in [0.15, 0.2) is 24.4 Å². The van der Waals surface area contributed by atoms with Gasteiger partial charge < -0.3 is 15.4 Å². The van der Waals surface area contributed by atoms with Crippen LogP contribution in [0.5, 0.6) is 5.75 Å². The smallest absolute Gasteiger partial charge is 0.239 e. The van der Waals surface area contributed by atoms with E-state index < -0.39 is 0 Å². The van der Waals surface area contributed by atoms with Crippen LogP contribution in [-0.2, 0) is 0 Å². The van der Waals surface area contributed by atoms with Crippen LogP contribution in [0.1, 0.15) is 43.5 Å². The van der Waals surface area contributed by atoms with Crippen molar-refractivity contribution in [3.63, 3.8) is 0 Å². The molecule has 24 heavy (non-hydrogen) atoms. The fourth-order valence-corrected chi connectivity index (χ4v) is 3.85. The molecule has 2 aromatic rings. The van der Waals surface area contributed by atoms with Crippen LogP contribution < -0.4 is 16.8 Å². The van der Waals surface area contributed by atoms with Crippen LogP contribution in [-0.4, -0.2) is 27.6 Å². The van der Waals surface area contributed by atoms with Gasteiger partial charge in [-0.3, -0.25) is 10.3 Å². The van der Waals surface area contributed by atoms with Gasteiger partial charge in [-0.1, -0.05) is 18.9 Å². The minimum Gasteiger partial charge on any atom is -0.506 e. The highest BCUT2D eigenvalue weighted by Crippen LogP contribution is 2.42. The molecule has 0 spiro atoms. The van der Waals surface area contributed by atoms with E-state index in [4.69, 9.17) is 11.5 Å². The summed E-state index contributed by atoms with van der Waals surface area (Å²) in [5.41, 5.74) is 15.6. The highest BCUT2D eigenvalue weighted by Gasteiger charge is 2.33. The SMILES string of the molecule is C[N+]1=CNc2c(c(-c3ccc(N)c(O)c3)cn2C2CCCC2)C1N. The number of nitrogens with two attached hydrogens (primary N) is 2. The molecule has 0 amide bonds. The first-order valence-corrected chi connectivity index (χ1v) is 8.47. The van der Waals surface area contributed by atoms with Crippen LogP contribution in [0.25, 0.3) is 11.1 Å². The molecule has 0 saturated heterocycles. The maximum Gasteiger partial charge on any atom is 0.239 e. The molecule has 126 valence electrons. The van der Waals surface area contributed by atoms with E-state index in [1.54, 1.807) is 12.1 Å². The highest BCUT2D eigenvalue weighted by molar-refractivity contribution is 5.83. The molecule has 2 aliphatic rings. The van der Waals surface area contributed by atoms with Crippen molar-refractivity contribution in [2.24, 2.45) is 5.73 Å². The average Bonchev–Trinajstić information content (AvgIpc) is 3.21. The second kappa shape index (κ2) is 5.56. The monoisotopic (exact) mass is 326 g/mol. The number of rotatable bonds is 2. The number of aromatic hydroxyl groups is 1. The zero-order chi connectivity index (χ0) is 16.8. The summed E-state index contributed by atoms with van der Waals surface area (Å²) in [6, 6.07) is 5.90. The maximum absolute atomic E-state index is 10.0. The first kappa shape index (κ1) is 15.1. The molecule has 0 bridgehead atoms. The Morgan fingerprint density at radius 2 is 2.04 bits per heavy atom. The van der Waals surface area contributed by atoms with Gasteiger partial charge in [-0.05, 0) is 30.5 Å². The minimum atomic E-state index is -0.224. The number of phenols is 1. The highest BCUT2D eigenvalue weighted by atomic mass is 16.3. The lowest BCUT2D eigenvalue weighted by atomic mass is 10.0. The third-order valence-electron chi connectivity index (χ3n) is 5.27. The predicted octanol–water partition coefficient (Wildman–Crippen LogP) is 2.61. The average molecular weight is 326 g/mol. The summed E-state index contributed by atoms with van der Waals surface area (Å²) in [6.07, 6.45) is 8.80. The summed E-state index contributed by atoms with van der Waals surface area (Å²) in [5.74, 6) is 1.17. The Kier molecular flexibility index (Phi) is 3.49. The number of aromatic nitrogens is 1. The van der Waals surface area contributed by atoms with Gasteiger partial charge in [0.25, 0.3) is 0 Å². The molecule has 1 fully saturated rings. The number of phenolic OH excluding ortho intramolecular Hbond substituents is 1. The second-order valence-electron chi connectivity index (χ2n) is 6.81. The van der Waals surface area contributed by atoms with Crippen molar-refractivity contribution in [2.75, 3.05) is 18.1 Å². The third-order valence-corrected chi connectivity index (χ3v) is 5.27. The number of hydrogen-bond donors (Lipinski definition) is 4. The number of nitrogen functional groups attached to an aromatic ring is 1. The fourth-order valence-electron chi connectivity index (χ4n) is 3.85. The van der Waals surface area contributed by atoms with Crippen molar-refractivity contribution in [2.45, 2.75) is 37.9 Å². The van der Waals surface area contributed by atoms with E-state index >= 15 is 0 Å². The number of benzene rings is 1. The molecule has 4 rings (SSSR count). The number of hydrogen-bond acceptors (Lipinski definition) is 4. The van der Waals surface area contributed by atoms with Gasteiger partial charge in [0.1, 0.15) is 5.75 Å². The first-order valence-electron chi connectivity index (χ1n) is 8.47. The molecule has 1 aliphatic carbocycles. The van der Waals surface area contributed by atoms with Crippen LogP contribution in [0.3, 0.4) is 0 Å². The van der Waals surface area contributed by atoms with E-state index in [1.165, 1.54) is 25.7 Å². The van der Waals surface area contributed by atoms with Gasteiger partial charge in [-0.2, -0.15) is 0 Å². The van der Waals surface area contributed by atoms with Crippen molar-refractivity contribution in [1.82, 2.24) is 4.57 Å². The maximum atomic E-state index is 10.0. The van der Waals surface area contributed by atoms with Gasteiger partial charge in [-0.15, -0.1) is 0 Å². The molecule has 1 aliphatic heterocycles. The Balaban J connectivity index is 1.89. The Labute approximate surface area is 141 Å². The second-order valence-corrected chi connectivity index (χ2v) is 6.81. The van der Waals surface area contributed by atoms with Crippen molar-refractivity contribution in [1.29, 1.82) is 0 Å². The lowest BCUT2D eigenvalue weighted by Gasteiger charge is -2.20. The largest absolute Gasteiger partial charge is 0.506 e. The molecule has 1 aromatic heterocycles. The van der Waals surface area contributed by atoms with Crippen molar-refractivity contribution in [3.8, 4) is 16.9 Å². The van der Waals surface area contributed by atoms with Crippen molar-refractivity contribution in [3.05, 3.63) is 30.0 Å².